The van der Waals surface area contributed by atoms with Crippen LogP contribution in [0, 0.1) is 12.7 Å². The molecule has 0 unspecified atom stereocenters. The number of halogens is 1. The lowest BCUT2D eigenvalue weighted by Gasteiger charge is -2.17. The minimum atomic E-state index is -0.232. The molecule has 2 N–H and O–H groups in total. The lowest BCUT2D eigenvalue weighted by atomic mass is 9.93. The smallest absolute Gasteiger partial charge is 0.134 e. The zero-order chi connectivity index (χ0) is 17.9. The average molecular weight is 352 g/mol. The molecule has 0 saturated carbocycles. The van der Waals surface area contributed by atoms with Gasteiger partial charge in [-0.3, -0.25) is 0 Å². The number of furan rings is 1. The minimum absolute atomic E-state index is 0.0622. The highest BCUT2D eigenvalue weighted by molar-refractivity contribution is 5.48. The molecule has 4 rings (SSSR count). The van der Waals surface area contributed by atoms with Crippen LogP contribution in [-0.2, 0) is 13.1 Å². The van der Waals surface area contributed by atoms with Gasteiger partial charge in [0.05, 0.1) is 12.0 Å². The third kappa shape index (κ3) is 3.46. The molecular formula is C20H21FN4O. The van der Waals surface area contributed by atoms with Crippen molar-refractivity contribution < 1.29 is 8.81 Å². The van der Waals surface area contributed by atoms with E-state index in [0.29, 0.717) is 0 Å². The van der Waals surface area contributed by atoms with E-state index in [1.807, 2.05) is 31.2 Å². The van der Waals surface area contributed by atoms with Gasteiger partial charge in [0.15, 0.2) is 0 Å². The maximum absolute atomic E-state index is 13.3. The van der Waals surface area contributed by atoms with Crippen molar-refractivity contribution in [2.45, 2.75) is 32.4 Å². The van der Waals surface area contributed by atoms with E-state index in [-0.39, 0.29) is 11.7 Å². The monoisotopic (exact) mass is 352 g/mol. The van der Waals surface area contributed by atoms with Gasteiger partial charge in [-0.1, -0.05) is 12.1 Å². The van der Waals surface area contributed by atoms with Crippen molar-refractivity contribution in [3.05, 3.63) is 76.9 Å². The minimum Gasteiger partial charge on any atom is -0.469 e. The molecule has 1 aromatic carbocycles. The second kappa shape index (κ2) is 7.25. The van der Waals surface area contributed by atoms with Gasteiger partial charge >= 0.3 is 0 Å². The number of benzene rings is 1. The first-order valence-electron chi connectivity index (χ1n) is 8.80. The van der Waals surface area contributed by atoms with Crippen molar-refractivity contribution in [1.82, 2.24) is 15.3 Å². The number of hydrogen-bond donors (Lipinski definition) is 2. The number of hydrogen-bond acceptors (Lipinski definition) is 5. The Morgan fingerprint density at radius 3 is 2.81 bits per heavy atom. The molecule has 1 aliphatic heterocycles. The zero-order valence-electron chi connectivity index (χ0n) is 14.6. The van der Waals surface area contributed by atoms with E-state index in [4.69, 9.17) is 4.42 Å². The predicted molar refractivity (Wildman–Crippen MR) is 97.4 cm³/mol. The van der Waals surface area contributed by atoms with E-state index in [2.05, 4.69) is 20.6 Å². The topological polar surface area (TPSA) is 63.0 Å². The molecule has 1 atom stereocenters. The summed E-state index contributed by atoms with van der Waals surface area (Å²) in [6.45, 7) is 4.22. The number of aromatic nitrogens is 2. The highest BCUT2D eigenvalue weighted by Gasteiger charge is 2.20. The fourth-order valence-electron chi connectivity index (χ4n) is 3.43. The van der Waals surface area contributed by atoms with Gasteiger partial charge in [0.2, 0.25) is 0 Å². The molecule has 0 bridgehead atoms. The van der Waals surface area contributed by atoms with Gasteiger partial charge in [-0.2, -0.15) is 0 Å². The summed E-state index contributed by atoms with van der Waals surface area (Å²) < 4.78 is 18.9. The molecule has 3 aromatic rings. The van der Waals surface area contributed by atoms with Crippen LogP contribution >= 0.6 is 0 Å². The second-order valence-electron chi connectivity index (χ2n) is 6.48. The largest absolute Gasteiger partial charge is 0.469 e. The Hall–Kier alpha value is -2.73. The Balaban J connectivity index is 1.50. The first-order chi connectivity index (χ1) is 12.7. The lowest BCUT2D eigenvalue weighted by molar-refractivity contribution is 0.477. The molecule has 6 heteroatoms. The van der Waals surface area contributed by atoms with Crippen LogP contribution in [0.15, 0.2) is 47.1 Å². The van der Waals surface area contributed by atoms with Crippen LogP contribution in [0.3, 0.4) is 0 Å². The van der Waals surface area contributed by atoms with Gasteiger partial charge in [0.25, 0.3) is 0 Å². The number of anilines is 1. The highest BCUT2D eigenvalue weighted by Crippen LogP contribution is 2.29. The van der Waals surface area contributed by atoms with E-state index in [1.165, 1.54) is 12.1 Å². The number of fused-ring (bicyclic) bond motifs is 1. The number of aryl methyl sites for hydroxylation is 1. The Bertz CT molecular complexity index is 878. The van der Waals surface area contributed by atoms with Crippen LogP contribution in [0.25, 0.3) is 0 Å². The molecule has 0 radical (unpaired) electrons. The number of nitrogens with one attached hydrogen (secondary N) is 2. The van der Waals surface area contributed by atoms with Crippen molar-refractivity contribution >= 4 is 5.82 Å². The summed E-state index contributed by atoms with van der Waals surface area (Å²) in [5.41, 5.74) is 3.25. The molecule has 0 spiro atoms. The van der Waals surface area contributed by atoms with Gasteiger partial charge in [0.1, 0.15) is 23.2 Å². The molecule has 0 saturated heterocycles. The Morgan fingerprint density at radius 1 is 1.19 bits per heavy atom. The molecule has 26 heavy (non-hydrogen) atoms. The summed E-state index contributed by atoms with van der Waals surface area (Å²) in [5.74, 6) is 2.38. The average Bonchev–Trinajstić information content (AvgIpc) is 3.31. The fourth-order valence-corrected chi connectivity index (χ4v) is 3.43. The Labute approximate surface area is 151 Å². The van der Waals surface area contributed by atoms with Crippen molar-refractivity contribution in [3.63, 3.8) is 0 Å². The maximum Gasteiger partial charge on any atom is 0.134 e. The molecule has 0 fully saturated rings. The van der Waals surface area contributed by atoms with E-state index >= 15 is 0 Å². The molecule has 0 amide bonds. The predicted octanol–water partition coefficient (Wildman–Crippen LogP) is 3.75. The summed E-state index contributed by atoms with van der Waals surface area (Å²) >= 11 is 0. The number of rotatable bonds is 6. The van der Waals surface area contributed by atoms with Crippen LogP contribution < -0.4 is 10.6 Å². The van der Waals surface area contributed by atoms with Gasteiger partial charge in [0, 0.05) is 31.1 Å². The summed E-state index contributed by atoms with van der Waals surface area (Å²) in [6, 6.07) is 10.5. The Morgan fingerprint density at radius 2 is 2.04 bits per heavy atom. The van der Waals surface area contributed by atoms with Crippen LogP contribution in [0.4, 0.5) is 10.2 Å². The molecular weight excluding hydrogens is 331 g/mol. The third-order valence-corrected chi connectivity index (χ3v) is 4.68. The summed E-state index contributed by atoms with van der Waals surface area (Å²) in [5, 5.41) is 6.77. The van der Waals surface area contributed by atoms with E-state index < -0.39 is 0 Å². The molecule has 3 heterocycles. The summed E-state index contributed by atoms with van der Waals surface area (Å²) in [6.07, 6.45) is 2.48. The SMILES string of the molecule is Cc1nc2c(c(NCC[C@@H](c3ccc(F)cc3)c3ccco3)n1)CNC2. The molecule has 134 valence electrons. The quantitative estimate of drug-likeness (QED) is 0.707. The van der Waals surface area contributed by atoms with Gasteiger partial charge in [-0.05, 0) is 43.2 Å². The molecule has 5 nitrogen and oxygen atoms in total. The third-order valence-electron chi connectivity index (χ3n) is 4.68. The van der Waals surface area contributed by atoms with Crippen LogP contribution in [0.1, 0.15) is 40.7 Å². The van der Waals surface area contributed by atoms with Crippen LogP contribution in [0.2, 0.25) is 0 Å². The van der Waals surface area contributed by atoms with Crippen LogP contribution in [-0.4, -0.2) is 16.5 Å². The van der Waals surface area contributed by atoms with Crippen LogP contribution in [0.5, 0.6) is 0 Å². The van der Waals surface area contributed by atoms with Gasteiger partial charge < -0.3 is 15.1 Å². The summed E-state index contributed by atoms with van der Waals surface area (Å²) in [4.78, 5) is 9.04. The Kier molecular flexibility index (Phi) is 4.67. The molecule has 1 aliphatic rings. The van der Waals surface area contributed by atoms with Gasteiger partial charge in [-0.25, -0.2) is 14.4 Å². The number of nitrogens with zero attached hydrogens (tertiary/aromatic N) is 2. The van der Waals surface area contributed by atoms with E-state index in [9.17, 15) is 4.39 Å². The standard InChI is InChI=1S/C20H21FN4O/c1-13-24-18-12-22-11-17(18)20(25-13)23-9-8-16(19-3-2-10-26-19)14-4-6-15(21)7-5-14/h2-7,10,16,22H,8-9,11-12H2,1H3,(H,23,24,25)/t16-/m0/s1. The maximum atomic E-state index is 13.3. The highest BCUT2D eigenvalue weighted by atomic mass is 19.1. The zero-order valence-corrected chi connectivity index (χ0v) is 14.6. The first-order valence-corrected chi connectivity index (χ1v) is 8.80. The molecule has 2 aromatic heterocycles. The van der Waals surface area contributed by atoms with Crippen molar-refractivity contribution in [3.8, 4) is 0 Å². The van der Waals surface area contributed by atoms with Crippen molar-refractivity contribution in [2.75, 3.05) is 11.9 Å². The van der Waals surface area contributed by atoms with Gasteiger partial charge in [-0.15, -0.1) is 0 Å². The van der Waals surface area contributed by atoms with E-state index in [0.717, 1.165) is 60.3 Å². The normalized spacial score (nSPS) is 14.2. The lowest BCUT2D eigenvalue weighted by Crippen LogP contribution is -2.12. The first kappa shape index (κ1) is 16.7. The van der Waals surface area contributed by atoms with E-state index in [1.54, 1.807) is 6.26 Å². The second-order valence-corrected chi connectivity index (χ2v) is 6.48. The molecule has 0 aliphatic carbocycles. The fraction of sp³-hybridized carbons (Fsp3) is 0.300. The van der Waals surface area contributed by atoms with Crippen molar-refractivity contribution in [1.29, 1.82) is 0 Å². The summed E-state index contributed by atoms with van der Waals surface area (Å²) in [7, 11) is 0. The van der Waals surface area contributed by atoms with Crippen molar-refractivity contribution in [2.24, 2.45) is 0 Å².